The van der Waals surface area contributed by atoms with Crippen LogP contribution >= 0.6 is 11.8 Å². The summed E-state index contributed by atoms with van der Waals surface area (Å²) in [7, 11) is 1.81. The molecule has 0 amide bonds. The average molecular weight is 249 g/mol. The lowest BCUT2D eigenvalue weighted by molar-refractivity contribution is 0.624. The molecule has 0 aliphatic heterocycles. The van der Waals surface area contributed by atoms with E-state index >= 15 is 0 Å². The van der Waals surface area contributed by atoms with Gasteiger partial charge in [0.15, 0.2) is 0 Å². The van der Waals surface area contributed by atoms with Gasteiger partial charge in [0.2, 0.25) is 0 Å². The summed E-state index contributed by atoms with van der Waals surface area (Å²) in [6, 6.07) is 8.31. The van der Waals surface area contributed by atoms with E-state index in [0.29, 0.717) is 5.75 Å². The Balaban J connectivity index is 2.02. The first-order valence-corrected chi connectivity index (χ1v) is 6.14. The Bertz CT molecular complexity index is 505. The van der Waals surface area contributed by atoms with E-state index in [2.05, 4.69) is 15.3 Å². The van der Waals surface area contributed by atoms with Crippen molar-refractivity contribution >= 4 is 17.6 Å². The number of thioether (sulfide) groups is 1. The molecular formula is C12H12FN3S. The quantitative estimate of drug-likeness (QED) is 0.845. The fraction of sp³-hybridized carbons (Fsp3) is 0.167. The molecule has 17 heavy (non-hydrogen) atoms. The van der Waals surface area contributed by atoms with E-state index in [-0.39, 0.29) is 5.82 Å². The fourth-order valence-electron chi connectivity index (χ4n) is 1.31. The van der Waals surface area contributed by atoms with E-state index in [0.717, 1.165) is 16.5 Å². The van der Waals surface area contributed by atoms with Crippen molar-refractivity contribution in [3.63, 3.8) is 0 Å². The first-order valence-electron chi connectivity index (χ1n) is 5.16. The second-order valence-corrected chi connectivity index (χ2v) is 4.40. The number of rotatable bonds is 4. The van der Waals surface area contributed by atoms with Gasteiger partial charge in [-0.05, 0) is 24.3 Å². The lowest BCUT2D eigenvalue weighted by Gasteiger charge is -2.03. The molecule has 0 saturated carbocycles. The molecule has 1 N–H and O–H groups in total. The van der Waals surface area contributed by atoms with Crippen LogP contribution in [0, 0.1) is 5.82 Å². The van der Waals surface area contributed by atoms with Crippen LogP contribution in [0.4, 0.5) is 10.2 Å². The number of halogens is 1. The summed E-state index contributed by atoms with van der Waals surface area (Å²) in [4.78, 5) is 9.33. The Kier molecular flexibility index (Phi) is 3.93. The highest BCUT2D eigenvalue weighted by atomic mass is 32.2. The molecule has 0 bridgehead atoms. The molecule has 0 aliphatic rings. The molecule has 2 rings (SSSR count). The summed E-state index contributed by atoms with van der Waals surface area (Å²) in [5.74, 6) is 1.92. The third kappa shape index (κ3) is 3.42. The molecule has 0 spiro atoms. The Morgan fingerprint density at radius 3 is 3.00 bits per heavy atom. The summed E-state index contributed by atoms with van der Waals surface area (Å²) >= 11 is 1.51. The summed E-state index contributed by atoms with van der Waals surface area (Å²) in [6.07, 6.45) is 1.71. The van der Waals surface area contributed by atoms with E-state index in [9.17, 15) is 4.39 Å². The maximum absolute atomic E-state index is 13.0. The number of nitrogens with one attached hydrogen (secondary N) is 1. The molecule has 1 aromatic carbocycles. The van der Waals surface area contributed by atoms with E-state index < -0.39 is 0 Å². The van der Waals surface area contributed by atoms with Crippen LogP contribution < -0.4 is 5.32 Å². The Hall–Kier alpha value is -1.62. The Morgan fingerprint density at radius 2 is 2.24 bits per heavy atom. The van der Waals surface area contributed by atoms with Crippen LogP contribution in [0.1, 0.15) is 5.82 Å². The summed E-state index contributed by atoms with van der Waals surface area (Å²) in [5, 5.41) is 2.95. The number of aromatic nitrogens is 2. The van der Waals surface area contributed by atoms with Gasteiger partial charge in [0.25, 0.3) is 0 Å². The molecule has 88 valence electrons. The molecule has 3 nitrogen and oxygen atoms in total. The molecule has 1 heterocycles. The molecule has 5 heteroatoms. The number of nitrogens with zero attached hydrogens (tertiary/aromatic N) is 2. The van der Waals surface area contributed by atoms with Gasteiger partial charge >= 0.3 is 0 Å². The number of benzene rings is 1. The number of anilines is 1. The maximum Gasteiger partial charge on any atom is 0.140 e. The third-order valence-corrected chi connectivity index (χ3v) is 3.12. The molecule has 0 aliphatic carbocycles. The lowest BCUT2D eigenvalue weighted by atomic mass is 10.4. The molecule has 2 aromatic rings. The molecule has 0 unspecified atom stereocenters. The molecular weight excluding hydrogens is 237 g/mol. The highest BCUT2D eigenvalue weighted by Gasteiger charge is 2.01. The van der Waals surface area contributed by atoms with Gasteiger partial charge in [-0.2, -0.15) is 0 Å². The summed E-state index contributed by atoms with van der Waals surface area (Å²) in [6.45, 7) is 0. The van der Waals surface area contributed by atoms with Crippen molar-refractivity contribution in [3.8, 4) is 0 Å². The standard InChI is InChI=1S/C12H12FN3S/c1-14-11-5-6-15-12(16-11)8-17-10-4-2-3-9(13)7-10/h2-7H,8H2,1H3,(H,14,15,16). The van der Waals surface area contributed by atoms with E-state index in [1.807, 2.05) is 13.1 Å². The van der Waals surface area contributed by atoms with Crippen molar-refractivity contribution in [1.29, 1.82) is 0 Å². The van der Waals surface area contributed by atoms with Crippen LogP contribution in [0.5, 0.6) is 0 Å². The monoisotopic (exact) mass is 249 g/mol. The molecule has 0 radical (unpaired) electrons. The van der Waals surface area contributed by atoms with Gasteiger partial charge in [-0.15, -0.1) is 11.8 Å². The first-order chi connectivity index (χ1) is 8.28. The lowest BCUT2D eigenvalue weighted by Crippen LogP contribution is -1.97. The van der Waals surface area contributed by atoms with Gasteiger partial charge in [0.1, 0.15) is 17.5 Å². The minimum Gasteiger partial charge on any atom is -0.373 e. The second kappa shape index (κ2) is 5.63. The summed E-state index contributed by atoms with van der Waals surface area (Å²) < 4.78 is 13.0. The molecule has 1 aromatic heterocycles. The fourth-order valence-corrected chi connectivity index (χ4v) is 2.12. The zero-order valence-electron chi connectivity index (χ0n) is 9.35. The first kappa shape index (κ1) is 11.9. The topological polar surface area (TPSA) is 37.8 Å². The van der Waals surface area contributed by atoms with Gasteiger partial charge in [0.05, 0.1) is 5.75 Å². The normalized spacial score (nSPS) is 10.2. The van der Waals surface area contributed by atoms with Crippen molar-refractivity contribution in [3.05, 3.63) is 48.2 Å². The SMILES string of the molecule is CNc1ccnc(CSc2cccc(F)c2)n1. The van der Waals surface area contributed by atoms with Crippen LogP contribution in [-0.4, -0.2) is 17.0 Å². The smallest absolute Gasteiger partial charge is 0.140 e. The number of hydrogen-bond donors (Lipinski definition) is 1. The van der Waals surface area contributed by atoms with Gasteiger partial charge in [-0.25, -0.2) is 14.4 Å². The predicted molar refractivity (Wildman–Crippen MR) is 67.5 cm³/mol. The minimum absolute atomic E-state index is 0.222. The van der Waals surface area contributed by atoms with Gasteiger partial charge in [-0.1, -0.05) is 6.07 Å². The van der Waals surface area contributed by atoms with Gasteiger partial charge in [-0.3, -0.25) is 0 Å². The van der Waals surface area contributed by atoms with Crippen LogP contribution in [0.3, 0.4) is 0 Å². The Morgan fingerprint density at radius 1 is 1.35 bits per heavy atom. The number of hydrogen-bond acceptors (Lipinski definition) is 4. The van der Waals surface area contributed by atoms with Gasteiger partial charge < -0.3 is 5.32 Å². The van der Waals surface area contributed by atoms with Crippen molar-refractivity contribution in [2.45, 2.75) is 10.6 Å². The predicted octanol–water partition coefficient (Wildman–Crippen LogP) is 2.95. The zero-order valence-corrected chi connectivity index (χ0v) is 10.2. The minimum atomic E-state index is -0.222. The van der Waals surface area contributed by atoms with E-state index in [4.69, 9.17) is 0 Å². The highest BCUT2D eigenvalue weighted by molar-refractivity contribution is 7.98. The van der Waals surface area contributed by atoms with Crippen LogP contribution in [0.15, 0.2) is 41.4 Å². The van der Waals surface area contributed by atoms with Gasteiger partial charge in [0, 0.05) is 18.1 Å². The zero-order chi connectivity index (χ0) is 12.1. The second-order valence-electron chi connectivity index (χ2n) is 3.35. The molecule has 0 saturated heterocycles. The van der Waals surface area contributed by atoms with Crippen LogP contribution in [0.2, 0.25) is 0 Å². The van der Waals surface area contributed by atoms with Crippen molar-refractivity contribution in [2.24, 2.45) is 0 Å². The third-order valence-electron chi connectivity index (χ3n) is 2.13. The van der Waals surface area contributed by atoms with Crippen molar-refractivity contribution < 1.29 is 4.39 Å². The summed E-state index contributed by atoms with van der Waals surface area (Å²) in [5.41, 5.74) is 0. The van der Waals surface area contributed by atoms with Crippen LogP contribution in [0.25, 0.3) is 0 Å². The molecule has 0 fully saturated rings. The largest absolute Gasteiger partial charge is 0.373 e. The molecule has 0 atom stereocenters. The maximum atomic E-state index is 13.0. The average Bonchev–Trinajstić information content (AvgIpc) is 2.37. The van der Waals surface area contributed by atoms with Crippen LogP contribution in [-0.2, 0) is 5.75 Å². The highest BCUT2D eigenvalue weighted by Crippen LogP contribution is 2.22. The van der Waals surface area contributed by atoms with E-state index in [1.165, 1.54) is 23.9 Å². The Labute approximate surface area is 103 Å². The van der Waals surface area contributed by atoms with Crippen molar-refractivity contribution in [1.82, 2.24) is 9.97 Å². The van der Waals surface area contributed by atoms with E-state index in [1.54, 1.807) is 18.3 Å². The van der Waals surface area contributed by atoms with Crippen molar-refractivity contribution in [2.75, 3.05) is 12.4 Å².